The van der Waals surface area contributed by atoms with Crippen molar-refractivity contribution in [2.45, 2.75) is 4.90 Å². The third-order valence-electron chi connectivity index (χ3n) is 2.78. The Hall–Kier alpha value is -2.81. The third-order valence-corrected chi connectivity index (χ3v) is 4.19. The van der Waals surface area contributed by atoms with E-state index in [9.17, 15) is 12.8 Å². The molecule has 0 bridgehead atoms. The maximum absolute atomic E-state index is 13.6. The van der Waals surface area contributed by atoms with Gasteiger partial charge in [0.15, 0.2) is 5.82 Å². The number of pyridine rings is 1. The van der Waals surface area contributed by atoms with Crippen LogP contribution in [0.2, 0.25) is 0 Å². The molecule has 2 heterocycles. The Balaban J connectivity index is 1.86. The van der Waals surface area contributed by atoms with Gasteiger partial charge in [-0.25, -0.2) is 27.5 Å². The number of hydrogen-bond acceptors (Lipinski definition) is 5. The second-order valence-electron chi connectivity index (χ2n) is 4.28. The number of rotatable bonds is 4. The standard InChI is InChI=1S/C13H10FN5O2S/c14-11-3-1-2-4-12(11)22(20,21)18-10-5-6-13(16-7-10)19-9-15-8-17-19/h1-9,18H. The van der Waals surface area contributed by atoms with Crippen LogP contribution in [0.15, 0.2) is 60.1 Å². The number of nitrogens with zero attached hydrogens (tertiary/aromatic N) is 4. The number of sulfonamides is 1. The van der Waals surface area contributed by atoms with Gasteiger partial charge < -0.3 is 0 Å². The Morgan fingerprint density at radius 2 is 1.95 bits per heavy atom. The highest BCUT2D eigenvalue weighted by atomic mass is 32.2. The highest BCUT2D eigenvalue weighted by Gasteiger charge is 2.18. The van der Waals surface area contributed by atoms with Gasteiger partial charge in [-0.1, -0.05) is 12.1 Å². The summed E-state index contributed by atoms with van der Waals surface area (Å²) >= 11 is 0. The molecule has 1 aromatic carbocycles. The van der Waals surface area contributed by atoms with Crippen LogP contribution >= 0.6 is 0 Å². The molecular formula is C13H10FN5O2S. The molecule has 0 spiro atoms. The molecule has 0 fully saturated rings. The third kappa shape index (κ3) is 2.79. The molecule has 0 aliphatic heterocycles. The smallest absolute Gasteiger partial charge is 0.264 e. The maximum atomic E-state index is 13.6. The summed E-state index contributed by atoms with van der Waals surface area (Å²) < 4.78 is 41.5. The van der Waals surface area contributed by atoms with Crippen LogP contribution in [0.25, 0.3) is 5.82 Å². The summed E-state index contributed by atoms with van der Waals surface area (Å²) in [4.78, 5) is 7.43. The first-order valence-electron chi connectivity index (χ1n) is 6.15. The molecule has 22 heavy (non-hydrogen) atoms. The van der Waals surface area contributed by atoms with Crippen molar-refractivity contribution in [3.8, 4) is 5.82 Å². The van der Waals surface area contributed by atoms with Crippen molar-refractivity contribution in [3.63, 3.8) is 0 Å². The van der Waals surface area contributed by atoms with Gasteiger partial charge in [-0.2, -0.15) is 5.10 Å². The lowest BCUT2D eigenvalue weighted by Gasteiger charge is -2.09. The van der Waals surface area contributed by atoms with Gasteiger partial charge in [-0.3, -0.25) is 4.72 Å². The van der Waals surface area contributed by atoms with Gasteiger partial charge in [0.05, 0.1) is 11.9 Å². The largest absolute Gasteiger partial charge is 0.278 e. The predicted octanol–water partition coefficient (Wildman–Crippen LogP) is 1.60. The Morgan fingerprint density at radius 3 is 2.59 bits per heavy atom. The molecule has 0 unspecified atom stereocenters. The lowest BCUT2D eigenvalue weighted by atomic mass is 10.4. The first-order chi connectivity index (χ1) is 10.6. The molecule has 3 rings (SSSR count). The topological polar surface area (TPSA) is 89.8 Å². The highest BCUT2D eigenvalue weighted by molar-refractivity contribution is 7.92. The zero-order valence-corrected chi connectivity index (χ0v) is 11.9. The summed E-state index contributed by atoms with van der Waals surface area (Å²) in [5.74, 6) is -0.339. The van der Waals surface area contributed by atoms with E-state index in [1.807, 2.05) is 0 Å². The molecule has 0 radical (unpaired) electrons. The van der Waals surface area contributed by atoms with E-state index in [4.69, 9.17) is 0 Å². The van der Waals surface area contributed by atoms with Crippen molar-refractivity contribution < 1.29 is 12.8 Å². The average Bonchev–Trinajstić information content (AvgIpc) is 3.02. The number of benzene rings is 1. The van der Waals surface area contributed by atoms with Crippen LogP contribution in [0, 0.1) is 5.82 Å². The molecule has 1 N–H and O–H groups in total. The zero-order valence-electron chi connectivity index (χ0n) is 11.1. The number of halogens is 1. The van der Waals surface area contributed by atoms with Gasteiger partial charge in [0.25, 0.3) is 10.0 Å². The zero-order chi connectivity index (χ0) is 15.6. The van der Waals surface area contributed by atoms with Crippen LogP contribution in [-0.2, 0) is 10.0 Å². The molecule has 0 amide bonds. The molecule has 9 heteroatoms. The van der Waals surface area contributed by atoms with Crippen LogP contribution in [0.3, 0.4) is 0 Å². The molecule has 0 saturated carbocycles. The summed E-state index contributed by atoms with van der Waals surface area (Å²) in [5.41, 5.74) is 0.215. The summed E-state index contributed by atoms with van der Waals surface area (Å²) in [5, 5.41) is 3.90. The van der Waals surface area contributed by atoms with Crippen LogP contribution in [0.5, 0.6) is 0 Å². The second-order valence-corrected chi connectivity index (χ2v) is 5.93. The van der Waals surface area contributed by atoms with E-state index < -0.39 is 20.7 Å². The lowest BCUT2D eigenvalue weighted by molar-refractivity contribution is 0.570. The SMILES string of the molecule is O=S(=O)(Nc1ccc(-n2cncn2)nc1)c1ccccc1F. The van der Waals surface area contributed by atoms with Crippen LogP contribution in [0.1, 0.15) is 0 Å². The fourth-order valence-corrected chi connectivity index (χ4v) is 2.90. The van der Waals surface area contributed by atoms with Crippen molar-refractivity contribution in [1.82, 2.24) is 19.7 Å². The van der Waals surface area contributed by atoms with Crippen molar-refractivity contribution in [3.05, 3.63) is 61.1 Å². The fraction of sp³-hybridized carbons (Fsp3) is 0. The van der Waals surface area contributed by atoms with E-state index in [1.165, 1.54) is 47.8 Å². The minimum Gasteiger partial charge on any atom is -0.278 e. The quantitative estimate of drug-likeness (QED) is 0.789. The van der Waals surface area contributed by atoms with Crippen molar-refractivity contribution in [2.75, 3.05) is 4.72 Å². The molecule has 0 aliphatic carbocycles. The number of nitrogens with one attached hydrogen (secondary N) is 1. The number of aromatic nitrogens is 4. The average molecular weight is 319 g/mol. The number of hydrogen-bond donors (Lipinski definition) is 1. The summed E-state index contributed by atoms with van der Waals surface area (Å²) in [6.45, 7) is 0. The Labute approximate surface area is 125 Å². The minimum atomic E-state index is -4.01. The summed E-state index contributed by atoms with van der Waals surface area (Å²) in [6.07, 6.45) is 4.14. The van der Waals surface area contributed by atoms with E-state index >= 15 is 0 Å². The fourth-order valence-electron chi connectivity index (χ4n) is 1.78. The van der Waals surface area contributed by atoms with Crippen LogP contribution < -0.4 is 4.72 Å². The lowest BCUT2D eigenvalue weighted by Crippen LogP contribution is -2.14. The van der Waals surface area contributed by atoms with Gasteiger partial charge in [0, 0.05) is 0 Å². The van der Waals surface area contributed by atoms with E-state index in [2.05, 4.69) is 19.8 Å². The number of anilines is 1. The van der Waals surface area contributed by atoms with Gasteiger partial charge in [-0.15, -0.1) is 0 Å². The van der Waals surface area contributed by atoms with Crippen molar-refractivity contribution >= 4 is 15.7 Å². The molecule has 3 aromatic rings. The van der Waals surface area contributed by atoms with Gasteiger partial charge in [0.2, 0.25) is 0 Å². The molecular weight excluding hydrogens is 309 g/mol. The van der Waals surface area contributed by atoms with E-state index in [-0.39, 0.29) is 5.69 Å². The van der Waals surface area contributed by atoms with Gasteiger partial charge in [-0.05, 0) is 24.3 Å². The van der Waals surface area contributed by atoms with Gasteiger partial charge >= 0.3 is 0 Å². The highest BCUT2D eigenvalue weighted by Crippen LogP contribution is 2.18. The van der Waals surface area contributed by atoms with E-state index in [0.29, 0.717) is 5.82 Å². The molecule has 112 valence electrons. The van der Waals surface area contributed by atoms with Crippen molar-refractivity contribution in [1.29, 1.82) is 0 Å². The van der Waals surface area contributed by atoms with Crippen molar-refractivity contribution in [2.24, 2.45) is 0 Å². The van der Waals surface area contributed by atoms with E-state index in [0.717, 1.165) is 6.07 Å². The minimum absolute atomic E-state index is 0.215. The van der Waals surface area contributed by atoms with E-state index in [1.54, 1.807) is 6.07 Å². The van der Waals surface area contributed by atoms with Crippen LogP contribution in [-0.4, -0.2) is 28.2 Å². The summed E-state index contributed by atoms with van der Waals surface area (Å²) in [6, 6.07) is 8.21. The van der Waals surface area contributed by atoms with Crippen LogP contribution in [0.4, 0.5) is 10.1 Å². The molecule has 0 saturated heterocycles. The molecule has 2 aromatic heterocycles. The first-order valence-corrected chi connectivity index (χ1v) is 7.63. The normalized spacial score (nSPS) is 11.3. The summed E-state index contributed by atoms with van der Waals surface area (Å²) in [7, 11) is -4.01. The van der Waals surface area contributed by atoms with Gasteiger partial charge in [0.1, 0.15) is 23.4 Å². The molecule has 0 atom stereocenters. The monoisotopic (exact) mass is 319 g/mol. The second kappa shape index (κ2) is 5.53. The Kier molecular flexibility index (Phi) is 3.55. The Bertz CT molecular complexity index is 879. The molecule has 7 nitrogen and oxygen atoms in total. The first kappa shape index (κ1) is 14.1. The molecule has 0 aliphatic rings. The Morgan fingerprint density at radius 1 is 1.14 bits per heavy atom. The predicted molar refractivity (Wildman–Crippen MR) is 76.4 cm³/mol. The maximum Gasteiger partial charge on any atom is 0.264 e.